The van der Waals surface area contributed by atoms with E-state index in [1.165, 1.54) is 16.7 Å². The maximum absolute atomic E-state index is 12.7. The third kappa shape index (κ3) is 2.25. The van der Waals surface area contributed by atoms with Crippen molar-refractivity contribution in [1.82, 2.24) is 9.55 Å². The van der Waals surface area contributed by atoms with Gasteiger partial charge in [-0.05, 0) is 23.8 Å². The topological polar surface area (TPSA) is 60.9 Å². The zero-order valence-electron chi connectivity index (χ0n) is 8.43. The molecule has 0 atom stereocenters. The van der Waals surface area contributed by atoms with Crippen LogP contribution in [-0.2, 0) is 6.54 Å². The molecule has 16 heavy (non-hydrogen) atoms. The van der Waals surface area contributed by atoms with E-state index in [-0.39, 0.29) is 11.6 Å². The zero-order chi connectivity index (χ0) is 11.5. The highest BCUT2D eigenvalue weighted by Gasteiger charge is 1.99. The maximum atomic E-state index is 12.7. The quantitative estimate of drug-likeness (QED) is 0.820. The summed E-state index contributed by atoms with van der Waals surface area (Å²) in [5.41, 5.74) is 5.78. The molecule has 5 heteroatoms. The van der Waals surface area contributed by atoms with Crippen LogP contribution >= 0.6 is 0 Å². The van der Waals surface area contributed by atoms with E-state index in [1.807, 2.05) is 0 Å². The van der Waals surface area contributed by atoms with Crippen LogP contribution in [0.25, 0.3) is 0 Å². The van der Waals surface area contributed by atoms with E-state index in [0.717, 1.165) is 5.56 Å². The van der Waals surface area contributed by atoms with Gasteiger partial charge in [-0.2, -0.15) is 4.98 Å². The van der Waals surface area contributed by atoms with Crippen molar-refractivity contribution in [2.45, 2.75) is 6.54 Å². The molecule has 1 aromatic heterocycles. The van der Waals surface area contributed by atoms with Crippen molar-refractivity contribution in [1.29, 1.82) is 0 Å². The van der Waals surface area contributed by atoms with Crippen molar-refractivity contribution in [3.05, 3.63) is 58.4 Å². The predicted molar refractivity (Wildman–Crippen MR) is 58.4 cm³/mol. The Kier molecular flexibility index (Phi) is 2.68. The number of hydrogen-bond acceptors (Lipinski definition) is 3. The molecule has 0 unspecified atom stereocenters. The Morgan fingerprint density at radius 2 is 1.94 bits per heavy atom. The van der Waals surface area contributed by atoms with Crippen LogP contribution in [0.3, 0.4) is 0 Å². The van der Waals surface area contributed by atoms with Crippen molar-refractivity contribution >= 4 is 5.82 Å². The molecule has 2 rings (SSSR count). The maximum Gasteiger partial charge on any atom is 0.349 e. The summed E-state index contributed by atoms with van der Waals surface area (Å²) in [5.74, 6) is -0.105. The molecule has 2 aromatic rings. The lowest BCUT2D eigenvalue weighted by molar-refractivity contribution is 0.625. The third-order valence-electron chi connectivity index (χ3n) is 2.16. The van der Waals surface area contributed by atoms with Gasteiger partial charge in [0.25, 0.3) is 0 Å². The molecule has 4 nitrogen and oxygen atoms in total. The van der Waals surface area contributed by atoms with E-state index < -0.39 is 5.69 Å². The zero-order valence-corrected chi connectivity index (χ0v) is 8.43. The predicted octanol–water partition coefficient (Wildman–Crippen LogP) is 1.01. The van der Waals surface area contributed by atoms with Gasteiger partial charge in [-0.25, -0.2) is 9.18 Å². The number of nitrogens with zero attached hydrogens (tertiary/aromatic N) is 2. The Morgan fingerprint density at radius 3 is 2.56 bits per heavy atom. The smallest absolute Gasteiger partial charge is 0.349 e. The molecular formula is C11H10FN3O. The minimum absolute atomic E-state index is 0.195. The van der Waals surface area contributed by atoms with Crippen LogP contribution in [0.5, 0.6) is 0 Å². The monoisotopic (exact) mass is 219 g/mol. The molecule has 0 aliphatic heterocycles. The number of rotatable bonds is 2. The van der Waals surface area contributed by atoms with Gasteiger partial charge in [0.05, 0.1) is 6.54 Å². The molecule has 0 radical (unpaired) electrons. The summed E-state index contributed by atoms with van der Waals surface area (Å²) in [4.78, 5) is 15.0. The first-order valence-electron chi connectivity index (χ1n) is 4.72. The van der Waals surface area contributed by atoms with Gasteiger partial charge < -0.3 is 5.73 Å². The molecule has 0 spiro atoms. The van der Waals surface area contributed by atoms with Gasteiger partial charge in [0.1, 0.15) is 11.6 Å². The summed E-state index contributed by atoms with van der Waals surface area (Å²) in [5, 5.41) is 0. The van der Waals surface area contributed by atoms with E-state index in [1.54, 1.807) is 24.4 Å². The fraction of sp³-hybridized carbons (Fsp3) is 0.0909. The van der Waals surface area contributed by atoms with E-state index >= 15 is 0 Å². The summed E-state index contributed by atoms with van der Waals surface area (Å²) in [6, 6.07) is 7.50. The molecule has 0 amide bonds. The van der Waals surface area contributed by atoms with Crippen LogP contribution in [0.2, 0.25) is 0 Å². The average molecular weight is 219 g/mol. The number of anilines is 1. The van der Waals surface area contributed by atoms with Crippen LogP contribution in [0.4, 0.5) is 10.2 Å². The first kappa shape index (κ1) is 10.4. The largest absolute Gasteiger partial charge is 0.383 e. The molecule has 1 aromatic carbocycles. The molecule has 0 aliphatic carbocycles. The number of nitrogens with two attached hydrogens (primary N) is 1. The number of benzene rings is 1. The molecule has 0 bridgehead atoms. The summed E-state index contributed by atoms with van der Waals surface area (Å²) in [7, 11) is 0. The fourth-order valence-corrected chi connectivity index (χ4v) is 1.35. The highest BCUT2D eigenvalue weighted by atomic mass is 19.1. The van der Waals surface area contributed by atoms with E-state index in [9.17, 15) is 9.18 Å². The molecular weight excluding hydrogens is 209 g/mol. The van der Waals surface area contributed by atoms with Gasteiger partial charge in [-0.15, -0.1) is 0 Å². The minimum Gasteiger partial charge on any atom is -0.383 e. The lowest BCUT2D eigenvalue weighted by Gasteiger charge is -2.04. The summed E-state index contributed by atoms with van der Waals surface area (Å²) in [6.07, 6.45) is 1.56. The Labute approximate surface area is 91.2 Å². The van der Waals surface area contributed by atoms with Crippen molar-refractivity contribution in [2.75, 3.05) is 5.73 Å². The van der Waals surface area contributed by atoms with Crippen molar-refractivity contribution in [2.24, 2.45) is 0 Å². The Balaban J connectivity index is 2.27. The van der Waals surface area contributed by atoms with Gasteiger partial charge in [0.15, 0.2) is 0 Å². The normalized spacial score (nSPS) is 10.3. The molecule has 0 saturated carbocycles. The van der Waals surface area contributed by atoms with Gasteiger partial charge >= 0.3 is 5.69 Å². The third-order valence-corrected chi connectivity index (χ3v) is 2.16. The van der Waals surface area contributed by atoms with Gasteiger partial charge in [0, 0.05) is 6.20 Å². The fourth-order valence-electron chi connectivity index (χ4n) is 1.35. The second-order valence-electron chi connectivity index (χ2n) is 3.39. The van der Waals surface area contributed by atoms with E-state index in [2.05, 4.69) is 4.98 Å². The highest BCUT2D eigenvalue weighted by Crippen LogP contribution is 2.04. The van der Waals surface area contributed by atoms with Crippen LogP contribution in [0, 0.1) is 5.82 Å². The Bertz CT molecular complexity index is 548. The first-order chi connectivity index (χ1) is 7.65. The van der Waals surface area contributed by atoms with Gasteiger partial charge in [-0.1, -0.05) is 12.1 Å². The molecule has 0 fully saturated rings. The van der Waals surface area contributed by atoms with Crippen LogP contribution in [-0.4, -0.2) is 9.55 Å². The molecule has 0 saturated heterocycles. The lowest BCUT2D eigenvalue weighted by Crippen LogP contribution is -2.23. The Morgan fingerprint density at radius 1 is 1.25 bits per heavy atom. The number of halogens is 1. The Hall–Kier alpha value is -2.17. The lowest BCUT2D eigenvalue weighted by atomic mass is 10.2. The molecule has 0 aliphatic rings. The SMILES string of the molecule is Nc1ccn(Cc2ccc(F)cc2)c(=O)n1. The second-order valence-corrected chi connectivity index (χ2v) is 3.39. The standard InChI is InChI=1S/C11H10FN3O/c12-9-3-1-8(2-4-9)7-15-6-5-10(13)14-11(15)16/h1-6H,7H2,(H2,13,14,16). The van der Waals surface area contributed by atoms with Crippen molar-refractivity contribution in [3.8, 4) is 0 Å². The summed E-state index contributed by atoms with van der Waals surface area (Å²) < 4.78 is 14.1. The highest BCUT2D eigenvalue weighted by molar-refractivity contribution is 5.24. The van der Waals surface area contributed by atoms with Crippen LogP contribution < -0.4 is 11.4 Å². The van der Waals surface area contributed by atoms with Crippen molar-refractivity contribution < 1.29 is 4.39 Å². The number of nitrogen functional groups attached to an aromatic ring is 1. The van der Waals surface area contributed by atoms with Crippen LogP contribution in [0.1, 0.15) is 5.56 Å². The number of hydrogen-bond donors (Lipinski definition) is 1. The summed E-state index contributed by atoms with van der Waals surface area (Å²) in [6.45, 7) is 0.354. The number of aromatic nitrogens is 2. The van der Waals surface area contributed by atoms with Gasteiger partial charge in [-0.3, -0.25) is 4.57 Å². The molecule has 2 N–H and O–H groups in total. The second kappa shape index (κ2) is 4.14. The minimum atomic E-state index is -0.413. The van der Waals surface area contributed by atoms with E-state index in [0.29, 0.717) is 6.54 Å². The van der Waals surface area contributed by atoms with Crippen molar-refractivity contribution in [3.63, 3.8) is 0 Å². The summed E-state index contributed by atoms with van der Waals surface area (Å²) >= 11 is 0. The average Bonchev–Trinajstić information content (AvgIpc) is 2.25. The molecule has 1 heterocycles. The first-order valence-corrected chi connectivity index (χ1v) is 4.72. The molecule has 82 valence electrons. The van der Waals surface area contributed by atoms with Gasteiger partial charge in [0.2, 0.25) is 0 Å². The van der Waals surface area contributed by atoms with Crippen LogP contribution in [0.15, 0.2) is 41.3 Å². The van der Waals surface area contributed by atoms with E-state index in [4.69, 9.17) is 5.73 Å².